The topological polar surface area (TPSA) is 55.8 Å². The molecule has 0 heterocycles. The van der Waals surface area contributed by atoms with Crippen molar-refractivity contribution in [2.75, 3.05) is 13.7 Å². The van der Waals surface area contributed by atoms with Gasteiger partial charge in [-0.1, -0.05) is 17.7 Å². The van der Waals surface area contributed by atoms with E-state index in [1.807, 2.05) is 0 Å². The highest BCUT2D eigenvalue weighted by molar-refractivity contribution is 6.32. The lowest BCUT2D eigenvalue weighted by molar-refractivity contribution is -0.154. The number of ether oxygens (including phenoxy) is 2. The number of hydrogen-bond donors (Lipinski definition) is 1. The zero-order valence-electron chi connectivity index (χ0n) is 9.77. The molecule has 0 fully saturated rings. The molecule has 1 aromatic rings. The van der Waals surface area contributed by atoms with E-state index in [0.717, 1.165) is 5.56 Å². The molecular weight excluding hydrogens is 244 g/mol. The van der Waals surface area contributed by atoms with Crippen LogP contribution in [0, 0.1) is 0 Å². The highest BCUT2D eigenvalue weighted by atomic mass is 35.5. The fourth-order valence-electron chi connectivity index (χ4n) is 1.39. The standard InChI is InChI=1S/C12H15ClO4/c1-3-17-12(15)11(16-2)7-8-4-5-10(14)9(13)6-8/h4-6,11,14H,3,7H2,1-2H3. The smallest absolute Gasteiger partial charge is 0.335 e. The first-order valence-corrected chi connectivity index (χ1v) is 5.63. The number of carbonyl (C=O) groups excluding carboxylic acids is 1. The average molecular weight is 259 g/mol. The Morgan fingerprint density at radius 1 is 1.53 bits per heavy atom. The Balaban J connectivity index is 2.73. The molecular formula is C12H15ClO4. The zero-order chi connectivity index (χ0) is 12.8. The molecule has 0 saturated carbocycles. The van der Waals surface area contributed by atoms with Crippen molar-refractivity contribution in [2.24, 2.45) is 0 Å². The number of aromatic hydroxyl groups is 1. The van der Waals surface area contributed by atoms with E-state index in [-0.39, 0.29) is 10.8 Å². The number of benzene rings is 1. The molecule has 0 aromatic heterocycles. The van der Waals surface area contributed by atoms with E-state index in [4.69, 9.17) is 21.1 Å². The van der Waals surface area contributed by atoms with Crippen LogP contribution in [0.25, 0.3) is 0 Å². The number of halogens is 1. The van der Waals surface area contributed by atoms with Crippen molar-refractivity contribution in [3.63, 3.8) is 0 Å². The van der Waals surface area contributed by atoms with Gasteiger partial charge in [-0.25, -0.2) is 4.79 Å². The summed E-state index contributed by atoms with van der Waals surface area (Å²) in [6, 6.07) is 4.77. The van der Waals surface area contributed by atoms with Gasteiger partial charge in [0, 0.05) is 13.5 Å². The Labute approximate surface area is 105 Å². The van der Waals surface area contributed by atoms with Gasteiger partial charge in [0.2, 0.25) is 0 Å². The number of esters is 1. The van der Waals surface area contributed by atoms with Gasteiger partial charge in [0.1, 0.15) is 5.75 Å². The van der Waals surface area contributed by atoms with Crippen molar-refractivity contribution in [1.29, 1.82) is 0 Å². The van der Waals surface area contributed by atoms with E-state index in [2.05, 4.69) is 0 Å². The van der Waals surface area contributed by atoms with Crippen LogP contribution in [0.15, 0.2) is 18.2 Å². The maximum Gasteiger partial charge on any atom is 0.335 e. The molecule has 0 aliphatic heterocycles. The van der Waals surface area contributed by atoms with Gasteiger partial charge in [-0.05, 0) is 24.6 Å². The lowest BCUT2D eigenvalue weighted by Gasteiger charge is -2.14. The molecule has 0 bridgehead atoms. The second kappa shape index (κ2) is 6.47. The Morgan fingerprint density at radius 3 is 2.76 bits per heavy atom. The van der Waals surface area contributed by atoms with E-state index in [9.17, 15) is 9.90 Å². The van der Waals surface area contributed by atoms with Crippen molar-refractivity contribution in [1.82, 2.24) is 0 Å². The van der Waals surface area contributed by atoms with E-state index in [0.29, 0.717) is 13.0 Å². The van der Waals surface area contributed by atoms with Gasteiger partial charge in [0.15, 0.2) is 6.10 Å². The fourth-order valence-corrected chi connectivity index (χ4v) is 1.59. The maximum absolute atomic E-state index is 11.5. The van der Waals surface area contributed by atoms with Gasteiger partial charge < -0.3 is 14.6 Å². The van der Waals surface area contributed by atoms with E-state index >= 15 is 0 Å². The molecule has 1 unspecified atom stereocenters. The summed E-state index contributed by atoms with van der Waals surface area (Å²) in [6.45, 7) is 2.05. The van der Waals surface area contributed by atoms with E-state index < -0.39 is 12.1 Å². The minimum absolute atomic E-state index is 0.0144. The molecule has 0 aliphatic carbocycles. The molecule has 1 atom stereocenters. The average Bonchev–Trinajstić information content (AvgIpc) is 2.30. The lowest BCUT2D eigenvalue weighted by atomic mass is 10.1. The SMILES string of the molecule is CCOC(=O)C(Cc1ccc(O)c(Cl)c1)OC. The van der Waals surface area contributed by atoms with Gasteiger partial charge in [0.25, 0.3) is 0 Å². The van der Waals surface area contributed by atoms with Crippen molar-refractivity contribution in [3.8, 4) is 5.75 Å². The number of hydrogen-bond acceptors (Lipinski definition) is 4. The third-order valence-corrected chi connectivity index (χ3v) is 2.57. The second-order valence-electron chi connectivity index (χ2n) is 3.47. The van der Waals surface area contributed by atoms with Crippen molar-refractivity contribution in [3.05, 3.63) is 28.8 Å². The molecule has 1 N–H and O–H groups in total. The first-order valence-electron chi connectivity index (χ1n) is 5.25. The van der Waals surface area contributed by atoms with Crippen LogP contribution in [-0.2, 0) is 20.7 Å². The van der Waals surface area contributed by atoms with Crippen LogP contribution >= 0.6 is 11.6 Å². The van der Waals surface area contributed by atoms with Crippen molar-refractivity contribution in [2.45, 2.75) is 19.4 Å². The number of carbonyl (C=O) groups is 1. The molecule has 17 heavy (non-hydrogen) atoms. The first kappa shape index (κ1) is 13.8. The zero-order valence-corrected chi connectivity index (χ0v) is 10.5. The van der Waals surface area contributed by atoms with Gasteiger partial charge in [-0.2, -0.15) is 0 Å². The summed E-state index contributed by atoms with van der Waals surface area (Å²) in [5.41, 5.74) is 0.799. The van der Waals surface area contributed by atoms with Crippen LogP contribution in [0.5, 0.6) is 5.75 Å². The predicted octanol–water partition coefficient (Wildman–Crippen LogP) is 2.17. The highest BCUT2D eigenvalue weighted by Crippen LogP contribution is 2.24. The van der Waals surface area contributed by atoms with Crippen LogP contribution in [0.2, 0.25) is 5.02 Å². The summed E-state index contributed by atoms with van der Waals surface area (Å²) >= 11 is 5.77. The number of phenols is 1. The maximum atomic E-state index is 11.5. The summed E-state index contributed by atoms with van der Waals surface area (Å²) in [7, 11) is 1.45. The van der Waals surface area contributed by atoms with Gasteiger partial charge >= 0.3 is 5.97 Å². The number of methoxy groups -OCH3 is 1. The third kappa shape index (κ3) is 3.91. The first-order chi connectivity index (χ1) is 8.08. The van der Waals surface area contributed by atoms with E-state index in [1.165, 1.54) is 13.2 Å². The Kier molecular flexibility index (Phi) is 5.25. The molecule has 94 valence electrons. The third-order valence-electron chi connectivity index (χ3n) is 2.27. The monoisotopic (exact) mass is 258 g/mol. The minimum Gasteiger partial charge on any atom is -0.506 e. The van der Waals surface area contributed by atoms with Gasteiger partial charge in [0.05, 0.1) is 11.6 Å². The number of phenolic OH excluding ortho intramolecular Hbond substituents is 1. The van der Waals surface area contributed by atoms with Crippen LogP contribution in [0.4, 0.5) is 0 Å². The molecule has 1 rings (SSSR count). The molecule has 1 aromatic carbocycles. The van der Waals surface area contributed by atoms with Crippen molar-refractivity contribution >= 4 is 17.6 Å². The molecule has 0 aliphatic rings. The molecule has 5 heteroatoms. The van der Waals surface area contributed by atoms with Crippen LogP contribution in [0.3, 0.4) is 0 Å². The van der Waals surface area contributed by atoms with E-state index in [1.54, 1.807) is 19.1 Å². The minimum atomic E-state index is -0.657. The summed E-state index contributed by atoms with van der Waals surface area (Å²) < 4.78 is 9.93. The molecule has 4 nitrogen and oxygen atoms in total. The summed E-state index contributed by atoms with van der Waals surface area (Å²) in [5.74, 6) is -0.389. The Bertz CT molecular complexity index is 392. The molecule has 0 radical (unpaired) electrons. The lowest BCUT2D eigenvalue weighted by Crippen LogP contribution is -2.27. The summed E-state index contributed by atoms with van der Waals surface area (Å²) in [4.78, 5) is 11.5. The molecule has 0 spiro atoms. The van der Waals surface area contributed by atoms with Crippen LogP contribution < -0.4 is 0 Å². The van der Waals surface area contributed by atoms with Crippen molar-refractivity contribution < 1.29 is 19.4 Å². The summed E-state index contributed by atoms with van der Waals surface area (Å²) in [5, 5.41) is 9.52. The molecule has 0 saturated heterocycles. The molecule has 0 amide bonds. The van der Waals surface area contributed by atoms with Gasteiger partial charge in [-0.3, -0.25) is 0 Å². The summed E-state index contributed by atoms with van der Waals surface area (Å²) in [6.07, 6.45) is -0.300. The quantitative estimate of drug-likeness (QED) is 0.823. The Morgan fingerprint density at radius 2 is 2.24 bits per heavy atom. The largest absolute Gasteiger partial charge is 0.506 e. The number of rotatable bonds is 5. The predicted molar refractivity (Wildman–Crippen MR) is 64.3 cm³/mol. The van der Waals surface area contributed by atoms with Gasteiger partial charge in [-0.15, -0.1) is 0 Å². The van der Waals surface area contributed by atoms with Crippen LogP contribution in [-0.4, -0.2) is 30.9 Å². The highest BCUT2D eigenvalue weighted by Gasteiger charge is 2.19. The second-order valence-corrected chi connectivity index (χ2v) is 3.87. The van der Waals surface area contributed by atoms with Crippen LogP contribution in [0.1, 0.15) is 12.5 Å². The normalized spacial score (nSPS) is 12.2. The Hall–Kier alpha value is -1.26. The fraction of sp³-hybridized carbons (Fsp3) is 0.417.